The molecule has 0 spiro atoms. The molecule has 11 heteroatoms. The van der Waals surface area contributed by atoms with Gasteiger partial charge >= 0.3 is 6.18 Å². The van der Waals surface area contributed by atoms with Gasteiger partial charge in [0.05, 0.1) is 18.8 Å². The highest BCUT2D eigenvalue weighted by Gasteiger charge is 2.31. The predicted molar refractivity (Wildman–Crippen MR) is 102 cm³/mol. The standard InChI is InChI=1S/C19H21F3N6O2/c20-19(21,22)14-1-3-16(23-13-14)26-5-7-28(8-6-26)18(29)15-2-4-17(25-24-15)27-9-11-30-12-10-27/h1-4,13H,5-12H2. The van der Waals surface area contributed by atoms with Gasteiger partial charge in [0.25, 0.3) is 5.91 Å². The first-order valence-corrected chi connectivity index (χ1v) is 9.66. The maximum Gasteiger partial charge on any atom is 0.417 e. The number of piperazine rings is 1. The lowest BCUT2D eigenvalue weighted by atomic mass is 10.2. The molecule has 0 aliphatic carbocycles. The third-order valence-corrected chi connectivity index (χ3v) is 5.17. The van der Waals surface area contributed by atoms with Gasteiger partial charge < -0.3 is 19.4 Å². The molecule has 2 aromatic rings. The number of amides is 1. The number of morpholine rings is 1. The average molecular weight is 422 g/mol. The second-order valence-corrected chi connectivity index (χ2v) is 7.06. The van der Waals surface area contributed by atoms with Crippen molar-refractivity contribution in [1.29, 1.82) is 0 Å². The van der Waals surface area contributed by atoms with Crippen LogP contribution in [0.4, 0.5) is 24.8 Å². The lowest BCUT2D eigenvalue weighted by Crippen LogP contribution is -2.49. The Morgan fingerprint density at radius 3 is 2.10 bits per heavy atom. The molecule has 160 valence electrons. The van der Waals surface area contributed by atoms with Crippen molar-refractivity contribution < 1.29 is 22.7 Å². The van der Waals surface area contributed by atoms with Crippen LogP contribution in [-0.4, -0.2) is 78.5 Å². The molecule has 2 aliphatic heterocycles. The summed E-state index contributed by atoms with van der Waals surface area (Å²) in [5.41, 5.74) is -0.507. The number of aromatic nitrogens is 3. The summed E-state index contributed by atoms with van der Waals surface area (Å²) in [4.78, 5) is 22.2. The van der Waals surface area contributed by atoms with Crippen molar-refractivity contribution >= 4 is 17.5 Å². The zero-order valence-electron chi connectivity index (χ0n) is 16.2. The molecule has 30 heavy (non-hydrogen) atoms. The van der Waals surface area contributed by atoms with Crippen LogP contribution < -0.4 is 9.80 Å². The fourth-order valence-electron chi connectivity index (χ4n) is 3.44. The topological polar surface area (TPSA) is 74.7 Å². The lowest BCUT2D eigenvalue weighted by Gasteiger charge is -2.35. The number of hydrogen-bond acceptors (Lipinski definition) is 7. The zero-order chi connectivity index (χ0) is 21.1. The lowest BCUT2D eigenvalue weighted by molar-refractivity contribution is -0.137. The number of halogens is 3. The summed E-state index contributed by atoms with van der Waals surface area (Å²) in [6.07, 6.45) is -3.58. The number of alkyl halides is 3. The normalized spacial score (nSPS) is 17.9. The molecular formula is C19H21F3N6O2. The average Bonchev–Trinajstić information content (AvgIpc) is 2.79. The van der Waals surface area contributed by atoms with Gasteiger partial charge in [0.2, 0.25) is 0 Å². The Labute approximate surface area is 171 Å². The molecule has 2 aliphatic rings. The Bertz CT molecular complexity index is 861. The first kappa shape index (κ1) is 20.3. The van der Waals surface area contributed by atoms with Gasteiger partial charge in [0.1, 0.15) is 5.82 Å². The van der Waals surface area contributed by atoms with E-state index in [1.165, 1.54) is 6.07 Å². The van der Waals surface area contributed by atoms with E-state index in [2.05, 4.69) is 20.1 Å². The first-order chi connectivity index (χ1) is 14.4. The van der Waals surface area contributed by atoms with E-state index < -0.39 is 11.7 Å². The molecule has 2 fully saturated rings. The molecule has 2 aromatic heterocycles. The second kappa shape index (κ2) is 8.42. The quantitative estimate of drug-likeness (QED) is 0.745. The number of pyridine rings is 1. The SMILES string of the molecule is O=C(c1ccc(N2CCOCC2)nn1)N1CCN(c2ccc(C(F)(F)F)cn2)CC1. The monoisotopic (exact) mass is 422 g/mol. The smallest absolute Gasteiger partial charge is 0.378 e. The maximum absolute atomic E-state index is 12.7. The molecule has 8 nitrogen and oxygen atoms in total. The summed E-state index contributed by atoms with van der Waals surface area (Å²) < 4.78 is 43.3. The second-order valence-electron chi connectivity index (χ2n) is 7.06. The van der Waals surface area contributed by atoms with E-state index in [1.807, 2.05) is 4.90 Å². The minimum atomic E-state index is -4.41. The summed E-state index contributed by atoms with van der Waals surface area (Å²) in [5.74, 6) is 0.967. The Morgan fingerprint density at radius 2 is 1.53 bits per heavy atom. The van der Waals surface area contributed by atoms with Crippen molar-refractivity contribution in [1.82, 2.24) is 20.1 Å². The van der Waals surface area contributed by atoms with E-state index in [0.717, 1.165) is 25.4 Å². The van der Waals surface area contributed by atoms with Gasteiger partial charge in [-0.15, -0.1) is 10.2 Å². The van der Waals surface area contributed by atoms with Crippen LogP contribution in [0.3, 0.4) is 0 Å². The highest BCUT2D eigenvalue weighted by molar-refractivity contribution is 5.92. The van der Waals surface area contributed by atoms with Crippen molar-refractivity contribution in [3.05, 3.63) is 41.7 Å². The van der Waals surface area contributed by atoms with Crippen molar-refractivity contribution in [2.75, 3.05) is 62.3 Å². The molecule has 0 aromatic carbocycles. The molecule has 4 heterocycles. The van der Waals surface area contributed by atoms with Crippen LogP contribution in [0.15, 0.2) is 30.5 Å². The van der Waals surface area contributed by atoms with E-state index in [4.69, 9.17) is 4.74 Å². The Balaban J connectivity index is 1.34. The summed E-state index contributed by atoms with van der Waals surface area (Å²) >= 11 is 0. The highest BCUT2D eigenvalue weighted by atomic mass is 19.4. The fourth-order valence-corrected chi connectivity index (χ4v) is 3.44. The van der Waals surface area contributed by atoms with Crippen LogP contribution in [0, 0.1) is 0 Å². The van der Waals surface area contributed by atoms with E-state index in [0.29, 0.717) is 51.0 Å². The number of anilines is 2. The summed E-state index contributed by atoms with van der Waals surface area (Å²) in [7, 11) is 0. The van der Waals surface area contributed by atoms with Crippen molar-refractivity contribution in [2.45, 2.75) is 6.18 Å². The molecule has 0 bridgehead atoms. The van der Waals surface area contributed by atoms with Gasteiger partial charge in [-0.2, -0.15) is 13.2 Å². The van der Waals surface area contributed by atoms with E-state index >= 15 is 0 Å². The highest BCUT2D eigenvalue weighted by Crippen LogP contribution is 2.29. The molecule has 1 amide bonds. The Morgan fingerprint density at radius 1 is 0.867 bits per heavy atom. The molecule has 2 saturated heterocycles. The third-order valence-electron chi connectivity index (χ3n) is 5.17. The van der Waals surface area contributed by atoms with Crippen LogP contribution in [0.5, 0.6) is 0 Å². The number of carbonyl (C=O) groups is 1. The predicted octanol–water partition coefficient (Wildman–Crippen LogP) is 1.69. The largest absolute Gasteiger partial charge is 0.417 e. The first-order valence-electron chi connectivity index (χ1n) is 9.66. The number of rotatable bonds is 3. The minimum absolute atomic E-state index is 0.212. The number of carbonyl (C=O) groups excluding carboxylic acids is 1. The molecular weight excluding hydrogens is 401 g/mol. The Hall–Kier alpha value is -2.95. The molecule has 0 saturated carbocycles. The van der Waals surface area contributed by atoms with Gasteiger partial charge in [0, 0.05) is 45.5 Å². The van der Waals surface area contributed by atoms with Gasteiger partial charge in [0.15, 0.2) is 11.5 Å². The van der Waals surface area contributed by atoms with Gasteiger partial charge in [-0.05, 0) is 24.3 Å². The molecule has 0 unspecified atom stereocenters. The minimum Gasteiger partial charge on any atom is -0.378 e. The van der Waals surface area contributed by atoms with Crippen molar-refractivity contribution in [2.24, 2.45) is 0 Å². The number of nitrogens with zero attached hydrogens (tertiary/aromatic N) is 6. The molecule has 0 N–H and O–H groups in total. The van der Waals surface area contributed by atoms with Crippen LogP contribution in [-0.2, 0) is 10.9 Å². The summed E-state index contributed by atoms with van der Waals surface area (Å²) in [6.45, 7) is 4.56. The van der Waals surface area contributed by atoms with E-state index in [1.54, 1.807) is 17.0 Å². The molecule has 4 rings (SSSR count). The maximum atomic E-state index is 12.7. The summed E-state index contributed by atoms with van der Waals surface area (Å²) in [6, 6.07) is 5.83. The fraction of sp³-hybridized carbons (Fsp3) is 0.474. The van der Waals surface area contributed by atoms with Crippen LogP contribution in [0.25, 0.3) is 0 Å². The van der Waals surface area contributed by atoms with Gasteiger partial charge in [-0.25, -0.2) is 4.98 Å². The number of hydrogen-bond donors (Lipinski definition) is 0. The van der Waals surface area contributed by atoms with Crippen molar-refractivity contribution in [3.63, 3.8) is 0 Å². The third kappa shape index (κ3) is 4.45. The van der Waals surface area contributed by atoms with Crippen LogP contribution >= 0.6 is 0 Å². The van der Waals surface area contributed by atoms with Gasteiger partial charge in [-0.1, -0.05) is 0 Å². The van der Waals surface area contributed by atoms with Crippen LogP contribution in [0.1, 0.15) is 16.1 Å². The zero-order valence-corrected chi connectivity index (χ0v) is 16.2. The van der Waals surface area contributed by atoms with Gasteiger partial charge in [-0.3, -0.25) is 4.79 Å². The Kier molecular flexibility index (Phi) is 5.71. The van der Waals surface area contributed by atoms with E-state index in [-0.39, 0.29) is 11.6 Å². The summed E-state index contributed by atoms with van der Waals surface area (Å²) in [5, 5.41) is 8.25. The molecule has 0 atom stereocenters. The van der Waals surface area contributed by atoms with Crippen molar-refractivity contribution in [3.8, 4) is 0 Å². The number of ether oxygens (including phenoxy) is 1. The molecule has 0 radical (unpaired) electrons. The van der Waals surface area contributed by atoms with E-state index in [9.17, 15) is 18.0 Å². The van der Waals surface area contributed by atoms with Crippen LogP contribution in [0.2, 0.25) is 0 Å².